The van der Waals surface area contributed by atoms with E-state index in [-0.39, 0.29) is 11.4 Å². The first-order valence-corrected chi connectivity index (χ1v) is 6.27. The van der Waals surface area contributed by atoms with Gasteiger partial charge in [-0.3, -0.25) is 4.79 Å². The van der Waals surface area contributed by atoms with Crippen LogP contribution >= 0.6 is 0 Å². The Labute approximate surface area is 92.8 Å². The van der Waals surface area contributed by atoms with Crippen LogP contribution in [0.2, 0.25) is 0 Å². The van der Waals surface area contributed by atoms with Gasteiger partial charge < -0.3 is 5.32 Å². The molecule has 1 amide bonds. The highest BCUT2D eigenvalue weighted by molar-refractivity contribution is 5.73. The molecule has 2 bridgehead atoms. The van der Waals surface area contributed by atoms with E-state index in [0.717, 1.165) is 5.92 Å². The van der Waals surface area contributed by atoms with Crippen LogP contribution in [-0.4, -0.2) is 11.4 Å². The molecular weight excluding hydrogens is 186 g/mol. The monoisotopic (exact) mass is 209 g/mol. The minimum Gasteiger partial charge on any atom is -0.351 e. The number of fused-ring (bicyclic) bond motifs is 3. The fourth-order valence-electron chi connectivity index (χ4n) is 3.64. The van der Waals surface area contributed by atoms with Crippen LogP contribution in [0.3, 0.4) is 0 Å². The second-order valence-electron chi connectivity index (χ2n) is 5.98. The molecule has 0 spiro atoms. The molecule has 0 aromatic heterocycles. The van der Waals surface area contributed by atoms with Gasteiger partial charge in [0.1, 0.15) is 0 Å². The van der Waals surface area contributed by atoms with Crippen LogP contribution in [0.1, 0.15) is 59.3 Å². The molecule has 3 aliphatic carbocycles. The van der Waals surface area contributed by atoms with Gasteiger partial charge in [-0.25, -0.2) is 0 Å². The van der Waals surface area contributed by atoms with Gasteiger partial charge in [0.15, 0.2) is 0 Å². The molecule has 0 saturated heterocycles. The van der Waals surface area contributed by atoms with Crippen molar-refractivity contribution in [2.45, 2.75) is 64.8 Å². The van der Waals surface area contributed by atoms with E-state index in [1.54, 1.807) is 6.92 Å². The molecule has 86 valence electrons. The quantitative estimate of drug-likeness (QED) is 0.744. The van der Waals surface area contributed by atoms with Gasteiger partial charge in [-0.2, -0.15) is 0 Å². The van der Waals surface area contributed by atoms with Gasteiger partial charge in [0, 0.05) is 12.5 Å². The number of amides is 1. The predicted molar refractivity (Wildman–Crippen MR) is 61.5 cm³/mol. The Morgan fingerprint density at radius 2 is 1.53 bits per heavy atom. The van der Waals surface area contributed by atoms with Crippen LogP contribution < -0.4 is 5.32 Å². The smallest absolute Gasteiger partial charge is 0.217 e. The Bertz CT molecular complexity index is 245. The maximum absolute atomic E-state index is 11.2. The van der Waals surface area contributed by atoms with E-state index in [4.69, 9.17) is 0 Å². The van der Waals surface area contributed by atoms with Gasteiger partial charge in [0.05, 0.1) is 0 Å². The lowest BCUT2D eigenvalue weighted by Gasteiger charge is -2.55. The largest absolute Gasteiger partial charge is 0.351 e. The Morgan fingerprint density at radius 1 is 1.07 bits per heavy atom. The molecule has 0 unspecified atom stereocenters. The van der Waals surface area contributed by atoms with Crippen molar-refractivity contribution in [3.8, 4) is 0 Å². The van der Waals surface area contributed by atoms with E-state index >= 15 is 0 Å². The molecule has 0 heterocycles. The summed E-state index contributed by atoms with van der Waals surface area (Å²) >= 11 is 0. The van der Waals surface area contributed by atoms with E-state index in [1.807, 2.05) is 0 Å². The van der Waals surface area contributed by atoms with Crippen LogP contribution in [0, 0.1) is 11.3 Å². The summed E-state index contributed by atoms with van der Waals surface area (Å²) in [6.07, 6.45) is 7.53. The first-order valence-electron chi connectivity index (χ1n) is 6.27. The maximum atomic E-state index is 11.2. The van der Waals surface area contributed by atoms with Gasteiger partial charge in [0.2, 0.25) is 5.91 Å². The lowest BCUT2D eigenvalue weighted by molar-refractivity contribution is -0.123. The number of carbonyl (C=O) groups excluding carboxylic acids is 1. The minimum atomic E-state index is 0.147. The first kappa shape index (κ1) is 11.0. The molecule has 3 saturated carbocycles. The molecule has 1 N–H and O–H groups in total. The second kappa shape index (κ2) is 3.50. The molecule has 2 heteroatoms. The van der Waals surface area contributed by atoms with Gasteiger partial charge in [-0.1, -0.05) is 13.8 Å². The zero-order valence-electron chi connectivity index (χ0n) is 10.2. The highest BCUT2D eigenvalue weighted by Crippen LogP contribution is 2.55. The Hall–Kier alpha value is -0.530. The average molecular weight is 209 g/mol. The normalized spacial score (nSPS) is 39.5. The van der Waals surface area contributed by atoms with Crippen molar-refractivity contribution in [3.05, 3.63) is 0 Å². The van der Waals surface area contributed by atoms with Crippen LogP contribution in [-0.2, 0) is 4.79 Å². The van der Waals surface area contributed by atoms with Crippen molar-refractivity contribution in [1.82, 2.24) is 5.32 Å². The van der Waals surface area contributed by atoms with Gasteiger partial charge >= 0.3 is 0 Å². The molecule has 3 rings (SSSR count). The van der Waals surface area contributed by atoms with E-state index in [9.17, 15) is 4.79 Å². The molecule has 15 heavy (non-hydrogen) atoms. The number of hydrogen-bond acceptors (Lipinski definition) is 1. The molecule has 0 aromatic carbocycles. The Balaban J connectivity index is 2.07. The van der Waals surface area contributed by atoms with Crippen LogP contribution in [0.4, 0.5) is 0 Å². The van der Waals surface area contributed by atoms with Crippen molar-refractivity contribution < 1.29 is 4.79 Å². The minimum absolute atomic E-state index is 0.147. The van der Waals surface area contributed by atoms with Gasteiger partial charge in [-0.05, 0) is 49.9 Å². The summed E-state index contributed by atoms with van der Waals surface area (Å²) in [6, 6.07) is 0. The molecule has 0 radical (unpaired) electrons. The maximum Gasteiger partial charge on any atom is 0.217 e. The summed E-state index contributed by atoms with van der Waals surface area (Å²) < 4.78 is 0. The third kappa shape index (κ3) is 1.79. The number of rotatable bonds is 2. The fraction of sp³-hybridized carbons (Fsp3) is 0.923. The molecule has 3 fully saturated rings. The molecule has 0 aromatic rings. The summed E-state index contributed by atoms with van der Waals surface area (Å²) in [5.41, 5.74) is 0.767. The third-order valence-electron chi connectivity index (χ3n) is 4.97. The highest BCUT2D eigenvalue weighted by atomic mass is 16.1. The van der Waals surface area contributed by atoms with Crippen LogP contribution in [0.5, 0.6) is 0 Å². The Morgan fingerprint density at radius 3 is 1.87 bits per heavy atom. The molecule has 0 aliphatic heterocycles. The summed E-state index contributed by atoms with van der Waals surface area (Å²) in [5, 5.41) is 3.20. The lowest BCUT2D eigenvalue weighted by atomic mass is 9.53. The molecule has 2 nitrogen and oxygen atoms in total. The molecule has 3 aliphatic rings. The van der Waals surface area contributed by atoms with Crippen molar-refractivity contribution in [2.24, 2.45) is 11.3 Å². The zero-order chi connectivity index (χ0) is 11.1. The lowest BCUT2D eigenvalue weighted by Crippen LogP contribution is -2.57. The van der Waals surface area contributed by atoms with Crippen molar-refractivity contribution >= 4 is 5.91 Å². The molecule has 0 atom stereocenters. The summed E-state index contributed by atoms with van der Waals surface area (Å²) in [4.78, 5) is 11.2. The summed E-state index contributed by atoms with van der Waals surface area (Å²) in [6.45, 7) is 6.36. The number of hydrogen-bond donors (Lipinski definition) is 1. The fourth-order valence-corrected chi connectivity index (χ4v) is 3.64. The van der Waals surface area contributed by atoms with Gasteiger partial charge in [-0.15, -0.1) is 0 Å². The average Bonchev–Trinajstić information content (AvgIpc) is 2.18. The SMILES string of the molecule is CC(=O)NC12CCC(C(C)C)(CC1)CC2. The summed E-state index contributed by atoms with van der Waals surface area (Å²) in [5.74, 6) is 0.946. The van der Waals surface area contributed by atoms with Crippen LogP contribution in [0.25, 0.3) is 0 Å². The second-order valence-corrected chi connectivity index (χ2v) is 5.98. The van der Waals surface area contributed by atoms with Crippen molar-refractivity contribution in [2.75, 3.05) is 0 Å². The number of nitrogens with one attached hydrogen (secondary N) is 1. The highest BCUT2D eigenvalue weighted by Gasteiger charge is 2.49. The number of carbonyl (C=O) groups is 1. The first-order chi connectivity index (χ1) is 6.98. The van der Waals surface area contributed by atoms with E-state index in [2.05, 4.69) is 19.2 Å². The van der Waals surface area contributed by atoms with E-state index in [0.29, 0.717) is 5.41 Å². The standard InChI is InChI=1S/C13H23NO/c1-10(2)12-4-7-13(8-5-12,9-6-12)14-11(3)15/h10H,4-9H2,1-3H3,(H,14,15). The zero-order valence-corrected chi connectivity index (χ0v) is 10.2. The summed E-state index contributed by atoms with van der Waals surface area (Å²) in [7, 11) is 0. The third-order valence-corrected chi connectivity index (χ3v) is 4.97. The van der Waals surface area contributed by atoms with Crippen molar-refractivity contribution in [1.29, 1.82) is 0 Å². The van der Waals surface area contributed by atoms with E-state index < -0.39 is 0 Å². The predicted octanol–water partition coefficient (Wildman–Crippen LogP) is 2.87. The van der Waals surface area contributed by atoms with Crippen molar-refractivity contribution in [3.63, 3.8) is 0 Å². The Kier molecular flexibility index (Phi) is 2.56. The van der Waals surface area contributed by atoms with Crippen LogP contribution in [0.15, 0.2) is 0 Å². The topological polar surface area (TPSA) is 29.1 Å². The van der Waals surface area contributed by atoms with Gasteiger partial charge in [0.25, 0.3) is 0 Å². The molecular formula is C13H23NO. The van der Waals surface area contributed by atoms with E-state index in [1.165, 1.54) is 38.5 Å².